The third-order valence-corrected chi connectivity index (χ3v) is 3.84. The first kappa shape index (κ1) is 12.4. The number of rotatable bonds is 3. The monoisotopic (exact) mass is 257 g/mol. The molecular weight excluding hydrogens is 238 g/mol. The number of hydrogen-bond donors (Lipinski definition) is 1. The predicted molar refractivity (Wildman–Crippen MR) is 72.9 cm³/mol. The quantitative estimate of drug-likeness (QED) is 0.918. The van der Waals surface area contributed by atoms with E-state index in [1.807, 2.05) is 13.0 Å². The summed E-state index contributed by atoms with van der Waals surface area (Å²) in [4.78, 5) is 4.46. The van der Waals surface area contributed by atoms with Gasteiger partial charge >= 0.3 is 0 Å². The highest BCUT2D eigenvalue weighted by Gasteiger charge is 2.29. The van der Waals surface area contributed by atoms with Crippen LogP contribution >= 0.6 is 0 Å². The summed E-state index contributed by atoms with van der Waals surface area (Å²) in [5, 5.41) is 7.57. The van der Waals surface area contributed by atoms with Crippen LogP contribution in [0, 0.1) is 12.8 Å². The molecule has 1 fully saturated rings. The van der Waals surface area contributed by atoms with Crippen molar-refractivity contribution in [1.82, 2.24) is 15.5 Å². The van der Waals surface area contributed by atoms with Crippen molar-refractivity contribution in [2.24, 2.45) is 5.92 Å². The van der Waals surface area contributed by atoms with Gasteiger partial charge in [0.05, 0.1) is 5.92 Å². The molecule has 0 bridgehead atoms. The molecule has 4 heteroatoms. The summed E-state index contributed by atoms with van der Waals surface area (Å²) in [6.07, 6.45) is 2.32. The van der Waals surface area contributed by atoms with E-state index in [0.717, 1.165) is 31.8 Å². The lowest BCUT2D eigenvalue weighted by Gasteiger charge is -2.29. The van der Waals surface area contributed by atoms with Crippen LogP contribution in [-0.4, -0.2) is 23.2 Å². The van der Waals surface area contributed by atoms with Gasteiger partial charge in [0.25, 0.3) is 0 Å². The predicted octanol–water partition coefficient (Wildman–Crippen LogP) is 2.51. The Balaban J connectivity index is 1.95. The molecule has 1 saturated heterocycles. The molecule has 4 nitrogen and oxygen atoms in total. The standard InChI is InChI=1S/C15H19N3O/c1-11-17-15(18-19-11)14(12-5-3-2-4-6-12)13-7-9-16-10-8-13/h2-6,13-14,16H,7-10H2,1H3. The van der Waals surface area contributed by atoms with E-state index in [4.69, 9.17) is 4.52 Å². The Morgan fingerprint density at radius 3 is 2.58 bits per heavy atom. The SMILES string of the molecule is Cc1nc(C(c2ccccc2)C2CCNCC2)no1. The highest BCUT2D eigenvalue weighted by atomic mass is 16.5. The molecule has 1 N–H and O–H groups in total. The summed E-state index contributed by atoms with van der Waals surface area (Å²) in [5.41, 5.74) is 1.29. The Kier molecular flexibility index (Phi) is 3.60. The Hall–Kier alpha value is -1.68. The van der Waals surface area contributed by atoms with Gasteiger partial charge in [0.2, 0.25) is 5.89 Å². The molecule has 1 unspecified atom stereocenters. The van der Waals surface area contributed by atoms with Crippen LogP contribution in [0.5, 0.6) is 0 Å². The van der Waals surface area contributed by atoms with Gasteiger partial charge in [0, 0.05) is 6.92 Å². The van der Waals surface area contributed by atoms with Crippen molar-refractivity contribution in [3.63, 3.8) is 0 Å². The van der Waals surface area contributed by atoms with Crippen LogP contribution in [0.3, 0.4) is 0 Å². The number of hydrogen-bond acceptors (Lipinski definition) is 4. The van der Waals surface area contributed by atoms with Crippen LogP contribution in [0.15, 0.2) is 34.9 Å². The van der Waals surface area contributed by atoms with E-state index in [2.05, 4.69) is 39.7 Å². The molecule has 1 atom stereocenters. The number of aromatic nitrogens is 2. The lowest BCUT2D eigenvalue weighted by atomic mass is 9.80. The van der Waals surface area contributed by atoms with Crippen molar-refractivity contribution in [1.29, 1.82) is 0 Å². The van der Waals surface area contributed by atoms with E-state index in [-0.39, 0.29) is 5.92 Å². The minimum absolute atomic E-state index is 0.251. The zero-order valence-electron chi connectivity index (χ0n) is 11.2. The van der Waals surface area contributed by atoms with E-state index in [0.29, 0.717) is 11.8 Å². The summed E-state index contributed by atoms with van der Waals surface area (Å²) in [6, 6.07) is 10.5. The maximum absolute atomic E-state index is 5.18. The topological polar surface area (TPSA) is 51.0 Å². The Labute approximate surface area is 113 Å². The summed E-state index contributed by atoms with van der Waals surface area (Å²) >= 11 is 0. The van der Waals surface area contributed by atoms with Gasteiger partial charge in [0.1, 0.15) is 0 Å². The first-order chi connectivity index (χ1) is 9.34. The molecule has 1 aromatic carbocycles. The third kappa shape index (κ3) is 2.68. The summed E-state index contributed by atoms with van der Waals surface area (Å²) in [5.74, 6) is 2.31. The van der Waals surface area contributed by atoms with Gasteiger partial charge in [-0.05, 0) is 37.4 Å². The van der Waals surface area contributed by atoms with Crippen LogP contribution in [-0.2, 0) is 0 Å². The first-order valence-electron chi connectivity index (χ1n) is 6.90. The minimum Gasteiger partial charge on any atom is -0.340 e. The first-order valence-corrected chi connectivity index (χ1v) is 6.90. The fourth-order valence-corrected chi connectivity index (χ4v) is 2.91. The second-order valence-corrected chi connectivity index (χ2v) is 5.15. The zero-order chi connectivity index (χ0) is 13.1. The summed E-state index contributed by atoms with van der Waals surface area (Å²) in [7, 11) is 0. The Morgan fingerprint density at radius 2 is 1.95 bits per heavy atom. The van der Waals surface area contributed by atoms with Crippen LogP contribution < -0.4 is 5.32 Å². The normalized spacial score (nSPS) is 18.4. The summed E-state index contributed by atoms with van der Waals surface area (Å²) < 4.78 is 5.18. The van der Waals surface area contributed by atoms with Crippen molar-refractivity contribution < 1.29 is 4.52 Å². The van der Waals surface area contributed by atoms with Crippen molar-refractivity contribution in [3.05, 3.63) is 47.6 Å². The van der Waals surface area contributed by atoms with Crippen molar-refractivity contribution in [2.75, 3.05) is 13.1 Å². The van der Waals surface area contributed by atoms with E-state index >= 15 is 0 Å². The fraction of sp³-hybridized carbons (Fsp3) is 0.467. The van der Waals surface area contributed by atoms with Gasteiger partial charge in [-0.25, -0.2) is 0 Å². The zero-order valence-corrected chi connectivity index (χ0v) is 11.2. The van der Waals surface area contributed by atoms with Crippen molar-refractivity contribution >= 4 is 0 Å². The average Bonchev–Trinajstić information content (AvgIpc) is 2.88. The fourth-order valence-electron chi connectivity index (χ4n) is 2.91. The van der Waals surface area contributed by atoms with E-state index < -0.39 is 0 Å². The van der Waals surface area contributed by atoms with Gasteiger partial charge in [-0.1, -0.05) is 35.5 Å². The number of aryl methyl sites for hydroxylation is 1. The second kappa shape index (κ2) is 5.53. The van der Waals surface area contributed by atoms with Gasteiger partial charge in [0.15, 0.2) is 5.82 Å². The maximum Gasteiger partial charge on any atom is 0.223 e. The number of piperidine rings is 1. The smallest absolute Gasteiger partial charge is 0.223 e. The van der Waals surface area contributed by atoms with Crippen LogP contribution in [0.2, 0.25) is 0 Å². The van der Waals surface area contributed by atoms with E-state index in [9.17, 15) is 0 Å². The Morgan fingerprint density at radius 1 is 1.21 bits per heavy atom. The molecule has 3 rings (SSSR count). The van der Waals surface area contributed by atoms with Crippen molar-refractivity contribution in [2.45, 2.75) is 25.7 Å². The van der Waals surface area contributed by atoms with E-state index in [1.54, 1.807) is 0 Å². The lowest BCUT2D eigenvalue weighted by Crippen LogP contribution is -2.31. The van der Waals surface area contributed by atoms with Crippen LogP contribution in [0.4, 0.5) is 0 Å². The maximum atomic E-state index is 5.18. The number of nitrogens with zero attached hydrogens (tertiary/aromatic N) is 2. The molecule has 1 aliphatic heterocycles. The number of benzene rings is 1. The van der Waals surface area contributed by atoms with Gasteiger partial charge in [-0.2, -0.15) is 4.98 Å². The average molecular weight is 257 g/mol. The molecule has 0 radical (unpaired) electrons. The molecule has 1 aromatic heterocycles. The van der Waals surface area contributed by atoms with Crippen LogP contribution in [0.1, 0.15) is 36.0 Å². The molecule has 1 aliphatic rings. The van der Waals surface area contributed by atoms with Crippen molar-refractivity contribution in [3.8, 4) is 0 Å². The molecule has 0 amide bonds. The largest absolute Gasteiger partial charge is 0.340 e. The molecule has 100 valence electrons. The second-order valence-electron chi connectivity index (χ2n) is 5.15. The third-order valence-electron chi connectivity index (χ3n) is 3.84. The highest BCUT2D eigenvalue weighted by Crippen LogP contribution is 2.35. The highest BCUT2D eigenvalue weighted by molar-refractivity contribution is 5.26. The molecular formula is C15H19N3O. The molecule has 2 aromatic rings. The molecule has 0 aliphatic carbocycles. The molecule has 2 heterocycles. The summed E-state index contributed by atoms with van der Waals surface area (Å²) in [6.45, 7) is 4.00. The van der Waals surface area contributed by atoms with Gasteiger partial charge in [-0.15, -0.1) is 0 Å². The molecule has 19 heavy (non-hydrogen) atoms. The van der Waals surface area contributed by atoms with Gasteiger partial charge < -0.3 is 9.84 Å². The van der Waals surface area contributed by atoms with Gasteiger partial charge in [-0.3, -0.25) is 0 Å². The molecule has 0 spiro atoms. The lowest BCUT2D eigenvalue weighted by molar-refractivity contribution is 0.323. The van der Waals surface area contributed by atoms with Crippen LogP contribution in [0.25, 0.3) is 0 Å². The number of nitrogens with one attached hydrogen (secondary N) is 1. The molecule has 0 saturated carbocycles. The Bertz CT molecular complexity index is 517. The minimum atomic E-state index is 0.251. The van der Waals surface area contributed by atoms with E-state index in [1.165, 1.54) is 5.56 Å².